The fourth-order valence-electron chi connectivity index (χ4n) is 1.79. The van der Waals surface area contributed by atoms with Crippen molar-refractivity contribution in [3.63, 3.8) is 0 Å². The number of nitrogens with zero attached hydrogens (tertiary/aromatic N) is 1. The molecule has 4 heteroatoms. The summed E-state index contributed by atoms with van der Waals surface area (Å²) < 4.78 is 0. The predicted octanol–water partition coefficient (Wildman–Crippen LogP) is 1.54. The zero-order chi connectivity index (χ0) is 12.4. The molecule has 0 aromatic carbocycles. The Morgan fingerprint density at radius 3 is 2.88 bits per heavy atom. The highest BCUT2D eigenvalue weighted by atomic mass is 16.1. The fourth-order valence-corrected chi connectivity index (χ4v) is 1.79. The number of hydrogen-bond donors (Lipinski definition) is 2. The molecule has 2 rings (SSSR count). The second-order valence-corrected chi connectivity index (χ2v) is 3.96. The maximum Gasteiger partial charge on any atom is 0.273 e. The SMILES string of the molecule is CCC1=CC(=C2C=CC=C(N)N2)C(C)=NC1=O. The van der Waals surface area contributed by atoms with Gasteiger partial charge in [-0.1, -0.05) is 13.0 Å². The highest BCUT2D eigenvalue weighted by Crippen LogP contribution is 2.20. The Morgan fingerprint density at radius 2 is 2.24 bits per heavy atom. The van der Waals surface area contributed by atoms with Crippen molar-refractivity contribution in [2.24, 2.45) is 10.7 Å². The molecule has 0 aliphatic carbocycles. The zero-order valence-electron chi connectivity index (χ0n) is 9.95. The lowest BCUT2D eigenvalue weighted by Gasteiger charge is -2.18. The lowest BCUT2D eigenvalue weighted by Crippen LogP contribution is -2.24. The van der Waals surface area contributed by atoms with Gasteiger partial charge in [0.25, 0.3) is 5.91 Å². The van der Waals surface area contributed by atoms with Crippen LogP contribution in [0.4, 0.5) is 0 Å². The monoisotopic (exact) mass is 229 g/mol. The summed E-state index contributed by atoms with van der Waals surface area (Å²) in [7, 11) is 0. The summed E-state index contributed by atoms with van der Waals surface area (Å²) in [5.41, 5.74) is 8.95. The Labute approximate surface area is 100 Å². The summed E-state index contributed by atoms with van der Waals surface area (Å²) in [6, 6.07) is 0. The third-order valence-corrected chi connectivity index (χ3v) is 2.74. The molecule has 88 valence electrons. The van der Waals surface area contributed by atoms with E-state index >= 15 is 0 Å². The fraction of sp³-hybridized carbons (Fsp3) is 0.231. The largest absolute Gasteiger partial charge is 0.385 e. The standard InChI is InChI=1S/C13H15N3O/c1-3-9-7-10(8(2)15-13(9)17)11-5-4-6-12(14)16-11/h4-7,16H,3,14H2,1-2H3. The molecular formula is C13H15N3O. The Kier molecular flexibility index (Phi) is 2.95. The van der Waals surface area contributed by atoms with E-state index in [0.717, 1.165) is 16.8 Å². The van der Waals surface area contributed by atoms with Gasteiger partial charge in [-0.05, 0) is 31.6 Å². The average molecular weight is 229 g/mol. The van der Waals surface area contributed by atoms with Crippen LogP contribution in [-0.4, -0.2) is 11.6 Å². The normalized spacial score (nSPS) is 23.9. The van der Waals surface area contributed by atoms with Gasteiger partial charge in [0.05, 0.1) is 5.71 Å². The second kappa shape index (κ2) is 4.41. The van der Waals surface area contributed by atoms with Crippen LogP contribution in [0.3, 0.4) is 0 Å². The van der Waals surface area contributed by atoms with E-state index in [-0.39, 0.29) is 5.91 Å². The molecule has 2 aliphatic rings. The molecule has 17 heavy (non-hydrogen) atoms. The van der Waals surface area contributed by atoms with Gasteiger partial charge in [0, 0.05) is 16.8 Å². The quantitative estimate of drug-likeness (QED) is 0.716. The molecule has 0 spiro atoms. The molecule has 3 N–H and O–H groups in total. The van der Waals surface area contributed by atoms with Crippen molar-refractivity contribution < 1.29 is 4.79 Å². The molecule has 0 bridgehead atoms. The topological polar surface area (TPSA) is 67.5 Å². The van der Waals surface area contributed by atoms with Gasteiger partial charge >= 0.3 is 0 Å². The molecule has 0 aromatic heterocycles. The second-order valence-electron chi connectivity index (χ2n) is 3.96. The van der Waals surface area contributed by atoms with Crippen LogP contribution >= 0.6 is 0 Å². The van der Waals surface area contributed by atoms with Crippen LogP contribution in [0, 0.1) is 0 Å². The Hall–Kier alpha value is -2.10. The van der Waals surface area contributed by atoms with E-state index < -0.39 is 0 Å². The number of dihydropyridines is 2. The third-order valence-electron chi connectivity index (χ3n) is 2.74. The number of nitrogens with two attached hydrogens (primary N) is 1. The van der Waals surface area contributed by atoms with Crippen molar-refractivity contribution in [2.75, 3.05) is 0 Å². The summed E-state index contributed by atoms with van der Waals surface area (Å²) in [6.45, 7) is 3.77. The van der Waals surface area contributed by atoms with Gasteiger partial charge in [-0.2, -0.15) is 0 Å². The molecule has 0 fully saturated rings. The van der Waals surface area contributed by atoms with Gasteiger partial charge in [-0.15, -0.1) is 0 Å². The van der Waals surface area contributed by atoms with Crippen molar-refractivity contribution in [3.8, 4) is 0 Å². The number of hydrogen-bond acceptors (Lipinski definition) is 3. The molecule has 0 saturated carbocycles. The zero-order valence-corrected chi connectivity index (χ0v) is 9.95. The van der Waals surface area contributed by atoms with Gasteiger partial charge in [-0.3, -0.25) is 4.79 Å². The number of carbonyl (C=O) groups excluding carboxylic acids is 1. The van der Waals surface area contributed by atoms with Gasteiger partial charge < -0.3 is 11.1 Å². The molecule has 2 heterocycles. The third kappa shape index (κ3) is 2.20. The number of aliphatic imine (C=N–C) groups is 1. The number of allylic oxidation sites excluding steroid dienone is 5. The van der Waals surface area contributed by atoms with E-state index in [1.807, 2.05) is 32.1 Å². The van der Waals surface area contributed by atoms with Crippen LogP contribution in [0.25, 0.3) is 0 Å². The predicted molar refractivity (Wildman–Crippen MR) is 68.1 cm³/mol. The van der Waals surface area contributed by atoms with E-state index in [2.05, 4.69) is 10.3 Å². The smallest absolute Gasteiger partial charge is 0.273 e. The summed E-state index contributed by atoms with van der Waals surface area (Å²) in [5, 5.41) is 3.07. The molecule has 4 nitrogen and oxygen atoms in total. The maximum atomic E-state index is 11.6. The molecule has 1 amide bonds. The van der Waals surface area contributed by atoms with Crippen molar-refractivity contribution in [1.29, 1.82) is 0 Å². The number of nitrogens with one attached hydrogen (secondary N) is 1. The average Bonchev–Trinajstić information content (AvgIpc) is 2.29. The first-order chi connectivity index (χ1) is 8.11. The Balaban J connectivity index is 2.45. The molecule has 2 aliphatic heterocycles. The number of rotatable bonds is 1. The molecular weight excluding hydrogens is 214 g/mol. The van der Waals surface area contributed by atoms with E-state index in [0.29, 0.717) is 18.0 Å². The van der Waals surface area contributed by atoms with Crippen molar-refractivity contribution >= 4 is 11.6 Å². The first kappa shape index (κ1) is 11.4. The van der Waals surface area contributed by atoms with Crippen molar-refractivity contribution in [3.05, 3.63) is 47.0 Å². The Morgan fingerprint density at radius 1 is 1.47 bits per heavy atom. The first-order valence-corrected chi connectivity index (χ1v) is 5.57. The van der Waals surface area contributed by atoms with Crippen LogP contribution in [0.15, 0.2) is 52.0 Å². The first-order valence-electron chi connectivity index (χ1n) is 5.57. The minimum absolute atomic E-state index is 0.141. The van der Waals surface area contributed by atoms with Crippen molar-refractivity contribution in [2.45, 2.75) is 20.3 Å². The summed E-state index contributed by atoms with van der Waals surface area (Å²) >= 11 is 0. The summed E-state index contributed by atoms with van der Waals surface area (Å²) in [5.74, 6) is 0.448. The maximum absolute atomic E-state index is 11.6. The van der Waals surface area contributed by atoms with Crippen LogP contribution in [0.2, 0.25) is 0 Å². The lowest BCUT2D eigenvalue weighted by atomic mass is 9.99. The van der Waals surface area contributed by atoms with E-state index in [9.17, 15) is 4.79 Å². The van der Waals surface area contributed by atoms with E-state index in [1.165, 1.54) is 0 Å². The number of carbonyl (C=O) groups is 1. The van der Waals surface area contributed by atoms with Crippen LogP contribution in [-0.2, 0) is 4.79 Å². The molecule has 0 radical (unpaired) electrons. The molecule has 0 unspecified atom stereocenters. The van der Waals surface area contributed by atoms with Gasteiger partial charge in [0.2, 0.25) is 0 Å². The lowest BCUT2D eigenvalue weighted by molar-refractivity contribution is -0.114. The minimum Gasteiger partial charge on any atom is -0.385 e. The summed E-state index contributed by atoms with van der Waals surface area (Å²) in [6.07, 6.45) is 8.15. The van der Waals surface area contributed by atoms with Crippen molar-refractivity contribution in [1.82, 2.24) is 5.32 Å². The van der Waals surface area contributed by atoms with Gasteiger partial charge in [0.15, 0.2) is 0 Å². The molecule has 0 saturated heterocycles. The minimum atomic E-state index is -0.141. The molecule has 0 atom stereocenters. The van der Waals surface area contributed by atoms with Crippen LogP contribution in [0.1, 0.15) is 20.3 Å². The van der Waals surface area contributed by atoms with E-state index in [4.69, 9.17) is 5.73 Å². The molecule has 0 aromatic rings. The van der Waals surface area contributed by atoms with Crippen LogP contribution in [0.5, 0.6) is 0 Å². The number of amides is 1. The highest BCUT2D eigenvalue weighted by molar-refractivity contribution is 6.15. The van der Waals surface area contributed by atoms with Crippen LogP contribution < -0.4 is 11.1 Å². The summed E-state index contributed by atoms with van der Waals surface area (Å²) in [4.78, 5) is 15.6. The van der Waals surface area contributed by atoms with Gasteiger partial charge in [-0.25, -0.2) is 4.99 Å². The van der Waals surface area contributed by atoms with E-state index in [1.54, 1.807) is 6.08 Å². The Bertz CT molecular complexity index is 519. The van der Waals surface area contributed by atoms with Gasteiger partial charge in [0.1, 0.15) is 5.82 Å². The highest BCUT2D eigenvalue weighted by Gasteiger charge is 2.18.